The summed E-state index contributed by atoms with van der Waals surface area (Å²) in [6.07, 6.45) is 25.2. The van der Waals surface area contributed by atoms with E-state index in [1.165, 1.54) is 43.4 Å². The molecule has 35 heavy (non-hydrogen) atoms. The molecule has 4 aliphatic rings. The third kappa shape index (κ3) is 11.4. The van der Waals surface area contributed by atoms with E-state index in [2.05, 4.69) is 71.7 Å². The minimum Gasteiger partial charge on any atom is -0.385 e. The zero-order valence-electron chi connectivity index (χ0n) is 23.4. The van der Waals surface area contributed by atoms with Crippen LogP contribution in [0.5, 0.6) is 0 Å². The molecule has 0 spiro atoms. The van der Waals surface area contributed by atoms with Crippen LogP contribution in [0.15, 0.2) is 77.1 Å². The molecule has 4 heteroatoms. The monoisotopic (exact) mass is 480 g/mol. The second kappa shape index (κ2) is 18.1. The Morgan fingerprint density at radius 2 is 1.83 bits per heavy atom. The van der Waals surface area contributed by atoms with Gasteiger partial charge in [-0.25, -0.2) is 0 Å². The van der Waals surface area contributed by atoms with Crippen LogP contribution in [-0.2, 0) is 0 Å². The van der Waals surface area contributed by atoms with Crippen molar-refractivity contribution in [3.05, 3.63) is 72.2 Å². The Balaban J connectivity index is 0.000000254. The molecular formula is C31H52N4. The van der Waals surface area contributed by atoms with Gasteiger partial charge in [0.1, 0.15) is 0 Å². The highest BCUT2D eigenvalue weighted by molar-refractivity contribution is 5.90. The predicted molar refractivity (Wildman–Crippen MR) is 157 cm³/mol. The maximum absolute atomic E-state index is 4.36. The first-order valence-corrected chi connectivity index (χ1v) is 13.8. The van der Waals surface area contributed by atoms with Gasteiger partial charge in [-0.05, 0) is 96.9 Å². The van der Waals surface area contributed by atoms with E-state index in [1.54, 1.807) is 5.57 Å². The van der Waals surface area contributed by atoms with Crippen LogP contribution in [0.2, 0.25) is 0 Å². The summed E-state index contributed by atoms with van der Waals surface area (Å²) in [5, 5.41) is 10.2. The number of hydrogen-bond acceptors (Lipinski definition) is 4. The third-order valence-electron chi connectivity index (χ3n) is 6.62. The SMILES string of the molecule is C/C=C\N=C1CCCNC1C.C=C1NCCCC/C1=C/C=C\C.CC.CC12CC=CC=C1CCN2. The molecule has 0 aromatic heterocycles. The molecule has 2 atom stereocenters. The van der Waals surface area contributed by atoms with Crippen LogP contribution < -0.4 is 16.0 Å². The van der Waals surface area contributed by atoms with Crippen molar-refractivity contribution in [3.63, 3.8) is 0 Å². The molecule has 0 saturated carbocycles. The van der Waals surface area contributed by atoms with Crippen molar-refractivity contribution in [2.45, 2.75) is 98.1 Å². The van der Waals surface area contributed by atoms with Crippen LogP contribution in [-0.4, -0.2) is 36.9 Å². The number of allylic oxidation sites excluding steroid dienone is 7. The van der Waals surface area contributed by atoms with E-state index in [1.807, 2.05) is 46.0 Å². The summed E-state index contributed by atoms with van der Waals surface area (Å²) in [6, 6.07) is 0.472. The van der Waals surface area contributed by atoms with Gasteiger partial charge in [0, 0.05) is 35.7 Å². The number of aliphatic imine (C=N–C) groups is 1. The van der Waals surface area contributed by atoms with Crippen molar-refractivity contribution in [3.8, 4) is 0 Å². The number of nitrogens with one attached hydrogen (secondary N) is 3. The Morgan fingerprint density at radius 3 is 2.51 bits per heavy atom. The summed E-state index contributed by atoms with van der Waals surface area (Å²) < 4.78 is 0. The number of piperidine rings is 1. The van der Waals surface area contributed by atoms with Crippen molar-refractivity contribution in [2.75, 3.05) is 19.6 Å². The topological polar surface area (TPSA) is 48.5 Å². The number of fused-ring (bicyclic) bond motifs is 1. The number of rotatable bonds is 2. The van der Waals surface area contributed by atoms with Crippen LogP contribution in [0.1, 0.15) is 86.5 Å². The first-order chi connectivity index (χ1) is 17.0. The number of nitrogens with zero attached hydrogens (tertiary/aromatic N) is 1. The molecule has 0 bridgehead atoms. The van der Waals surface area contributed by atoms with Crippen molar-refractivity contribution in [2.24, 2.45) is 4.99 Å². The molecule has 0 aromatic carbocycles. The molecule has 2 unspecified atom stereocenters. The standard InChI is InChI=1S/C11H17N.C9H16N2.C9H13N.C2H6/c1-3-4-7-11-8-5-6-9-12-10(11)2;1-3-6-11-9-5-4-7-10-8(9)2;1-9-6-3-2-4-8(9)5-7-10-9;1-2/h3-4,7,12H,2,5-6,8-9H2,1H3;3,6,8,10H,4-5,7H2,1-2H3;2-4,10H,5-7H2,1H3;1-2H3/b4-3-,11-7-;6-3-,11-9?;;. The van der Waals surface area contributed by atoms with E-state index >= 15 is 0 Å². The van der Waals surface area contributed by atoms with Crippen LogP contribution in [0.25, 0.3) is 0 Å². The molecule has 3 N–H and O–H groups in total. The summed E-state index contributed by atoms with van der Waals surface area (Å²) in [7, 11) is 0. The summed E-state index contributed by atoms with van der Waals surface area (Å²) in [4.78, 5) is 4.36. The zero-order valence-corrected chi connectivity index (χ0v) is 23.4. The van der Waals surface area contributed by atoms with Crippen LogP contribution in [0, 0.1) is 0 Å². The van der Waals surface area contributed by atoms with Crippen molar-refractivity contribution in [1.29, 1.82) is 0 Å². The van der Waals surface area contributed by atoms with E-state index in [9.17, 15) is 0 Å². The molecule has 4 nitrogen and oxygen atoms in total. The fourth-order valence-electron chi connectivity index (χ4n) is 4.43. The van der Waals surface area contributed by atoms with Gasteiger partial charge in [0.05, 0.1) is 0 Å². The molecule has 1 aliphatic carbocycles. The Kier molecular flexibility index (Phi) is 16.0. The summed E-state index contributed by atoms with van der Waals surface area (Å²) in [5.41, 5.74) is 5.63. The Bertz CT molecular complexity index is 797. The van der Waals surface area contributed by atoms with E-state index in [-0.39, 0.29) is 0 Å². The minimum atomic E-state index is 0.314. The first kappa shape index (κ1) is 30.9. The van der Waals surface area contributed by atoms with E-state index in [0.717, 1.165) is 38.2 Å². The van der Waals surface area contributed by atoms with Crippen LogP contribution >= 0.6 is 0 Å². The Labute approximate surface area is 216 Å². The van der Waals surface area contributed by atoms with Crippen molar-refractivity contribution < 1.29 is 0 Å². The minimum absolute atomic E-state index is 0.314. The van der Waals surface area contributed by atoms with E-state index in [4.69, 9.17) is 0 Å². The predicted octanol–water partition coefficient (Wildman–Crippen LogP) is 7.16. The summed E-state index contributed by atoms with van der Waals surface area (Å²) in [6.45, 7) is 19.8. The smallest absolute Gasteiger partial charge is 0.0426 e. The lowest BCUT2D eigenvalue weighted by Gasteiger charge is -2.26. The molecule has 0 aromatic rings. The van der Waals surface area contributed by atoms with Gasteiger partial charge in [-0.2, -0.15) is 0 Å². The fourth-order valence-corrected chi connectivity index (χ4v) is 4.43. The van der Waals surface area contributed by atoms with Gasteiger partial charge in [-0.1, -0.05) is 63.0 Å². The maximum Gasteiger partial charge on any atom is 0.0426 e. The van der Waals surface area contributed by atoms with Gasteiger partial charge in [0.2, 0.25) is 0 Å². The molecule has 0 radical (unpaired) electrons. The maximum atomic E-state index is 4.36. The number of hydrogen-bond donors (Lipinski definition) is 3. The van der Waals surface area contributed by atoms with Crippen molar-refractivity contribution >= 4 is 5.71 Å². The van der Waals surface area contributed by atoms with Gasteiger partial charge >= 0.3 is 0 Å². The summed E-state index contributed by atoms with van der Waals surface area (Å²) >= 11 is 0. The molecule has 0 amide bonds. The molecule has 3 aliphatic heterocycles. The zero-order chi connectivity index (χ0) is 25.9. The highest BCUT2D eigenvalue weighted by Gasteiger charge is 2.32. The summed E-state index contributed by atoms with van der Waals surface area (Å²) in [5.74, 6) is 0. The van der Waals surface area contributed by atoms with Gasteiger partial charge in [-0.3, -0.25) is 4.99 Å². The molecule has 3 fully saturated rings. The largest absolute Gasteiger partial charge is 0.385 e. The lowest BCUT2D eigenvalue weighted by molar-refractivity contribution is 0.481. The quantitative estimate of drug-likeness (QED) is 0.393. The van der Waals surface area contributed by atoms with Gasteiger partial charge in [0.15, 0.2) is 0 Å². The lowest BCUT2D eigenvalue weighted by atomic mass is 9.87. The van der Waals surface area contributed by atoms with Crippen LogP contribution in [0.4, 0.5) is 0 Å². The molecule has 3 saturated heterocycles. The Morgan fingerprint density at radius 1 is 1.03 bits per heavy atom. The van der Waals surface area contributed by atoms with Crippen molar-refractivity contribution in [1.82, 2.24) is 16.0 Å². The Hall–Kier alpha value is -2.17. The van der Waals surface area contributed by atoms with Crippen LogP contribution in [0.3, 0.4) is 0 Å². The lowest BCUT2D eigenvalue weighted by Crippen LogP contribution is -2.39. The molecule has 196 valence electrons. The van der Waals surface area contributed by atoms with Gasteiger partial charge < -0.3 is 16.0 Å². The fraction of sp³-hybridized carbons (Fsp3) is 0.581. The molecular weight excluding hydrogens is 428 g/mol. The average Bonchev–Trinajstić information content (AvgIpc) is 3.16. The van der Waals surface area contributed by atoms with Gasteiger partial charge in [0.25, 0.3) is 0 Å². The highest BCUT2D eigenvalue weighted by Crippen LogP contribution is 2.31. The van der Waals surface area contributed by atoms with Gasteiger partial charge in [-0.15, -0.1) is 0 Å². The first-order valence-electron chi connectivity index (χ1n) is 13.8. The normalized spacial score (nSPS) is 28.1. The average molecular weight is 481 g/mol. The molecule has 4 rings (SSSR count). The third-order valence-corrected chi connectivity index (χ3v) is 6.62. The highest BCUT2D eigenvalue weighted by atomic mass is 15.0. The second-order valence-electron chi connectivity index (χ2n) is 9.30. The second-order valence-corrected chi connectivity index (χ2v) is 9.30. The molecule has 3 heterocycles. The van der Waals surface area contributed by atoms with E-state index in [0.29, 0.717) is 11.6 Å². The van der Waals surface area contributed by atoms with E-state index < -0.39 is 0 Å².